The molecule has 3 N–H and O–H groups in total. The van der Waals surface area contributed by atoms with E-state index in [0.717, 1.165) is 11.4 Å². The second kappa shape index (κ2) is 6.01. The van der Waals surface area contributed by atoms with Crippen molar-refractivity contribution in [2.45, 2.75) is 13.8 Å². The van der Waals surface area contributed by atoms with Crippen molar-refractivity contribution in [1.82, 2.24) is 4.98 Å². The van der Waals surface area contributed by atoms with Crippen LogP contribution in [0.1, 0.15) is 32.1 Å². The Bertz CT molecular complexity index is 707. The molecule has 21 heavy (non-hydrogen) atoms. The number of aromatic amines is 1. The molecule has 6 heteroatoms. The summed E-state index contributed by atoms with van der Waals surface area (Å²) >= 11 is 5.81. The first-order chi connectivity index (χ1) is 9.88. The van der Waals surface area contributed by atoms with E-state index in [2.05, 4.69) is 4.98 Å². The van der Waals surface area contributed by atoms with E-state index in [0.29, 0.717) is 10.6 Å². The van der Waals surface area contributed by atoms with Crippen LogP contribution in [-0.4, -0.2) is 23.3 Å². The second-order valence-corrected chi connectivity index (χ2v) is 5.14. The maximum Gasteiger partial charge on any atom is 0.252 e. The molecule has 0 bridgehead atoms. The topological polar surface area (TPSA) is 85.2 Å². The van der Waals surface area contributed by atoms with Crippen molar-refractivity contribution in [1.29, 1.82) is 0 Å². The number of hydrogen-bond donors (Lipinski definition) is 2. The van der Waals surface area contributed by atoms with Gasteiger partial charge in [0.05, 0.1) is 5.56 Å². The number of ketones is 1. The van der Waals surface area contributed by atoms with Crippen LogP contribution >= 0.6 is 11.6 Å². The van der Waals surface area contributed by atoms with Crippen molar-refractivity contribution in [2.24, 2.45) is 5.73 Å². The van der Waals surface area contributed by atoms with E-state index in [4.69, 9.17) is 22.1 Å². The van der Waals surface area contributed by atoms with Gasteiger partial charge in [0.1, 0.15) is 5.75 Å². The molecular weight excluding hydrogens is 292 g/mol. The van der Waals surface area contributed by atoms with Gasteiger partial charge in [-0.3, -0.25) is 9.59 Å². The van der Waals surface area contributed by atoms with Gasteiger partial charge in [-0.25, -0.2) is 0 Å². The minimum Gasteiger partial charge on any atom is -0.485 e. The van der Waals surface area contributed by atoms with E-state index >= 15 is 0 Å². The quantitative estimate of drug-likeness (QED) is 0.833. The highest BCUT2D eigenvalue weighted by molar-refractivity contribution is 6.31. The Balaban J connectivity index is 2.15. The standard InChI is InChI=1S/C15H15ClN2O3/c1-8-5-11(9(2)18-8)13(19)7-21-14-4-3-10(16)6-12(14)15(17)20/h3-6,18H,7H2,1-2H3,(H2,17,20). The number of carbonyl (C=O) groups is 2. The SMILES string of the molecule is Cc1cc(C(=O)COc2ccc(Cl)cc2C(N)=O)c(C)[nH]1. The van der Waals surface area contributed by atoms with E-state index < -0.39 is 5.91 Å². The number of benzene rings is 1. The Kier molecular flexibility index (Phi) is 4.33. The Hall–Kier alpha value is -2.27. The summed E-state index contributed by atoms with van der Waals surface area (Å²) in [7, 11) is 0. The third kappa shape index (κ3) is 3.44. The number of nitrogens with two attached hydrogens (primary N) is 1. The fourth-order valence-electron chi connectivity index (χ4n) is 2.06. The van der Waals surface area contributed by atoms with Gasteiger partial charge in [-0.2, -0.15) is 0 Å². The van der Waals surface area contributed by atoms with E-state index in [1.165, 1.54) is 12.1 Å². The number of carbonyl (C=O) groups excluding carboxylic acids is 2. The number of Topliss-reactive ketones (excluding diaryl/α,β-unsaturated/α-hetero) is 1. The molecule has 0 aliphatic carbocycles. The molecule has 110 valence electrons. The van der Waals surface area contributed by atoms with E-state index in [1.807, 2.05) is 13.8 Å². The van der Waals surface area contributed by atoms with Crippen LogP contribution in [0.15, 0.2) is 24.3 Å². The maximum atomic E-state index is 12.1. The van der Waals surface area contributed by atoms with Crippen LogP contribution in [0.5, 0.6) is 5.75 Å². The van der Waals surface area contributed by atoms with Crippen molar-refractivity contribution < 1.29 is 14.3 Å². The third-order valence-electron chi connectivity index (χ3n) is 3.02. The number of halogens is 1. The summed E-state index contributed by atoms with van der Waals surface area (Å²) in [4.78, 5) is 26.5. The lowest BCUT2D eigenvalue weighted by molar-refractivity contribution is 0.0911. The zero-order chi connectivity index (χ0) is 15.6. The van der Waals surface area contributed by atoms with Gasteiger partial charge in [-0.15, -0.1) is 0 Å². The van der Waals surface area contributed by atoms with Crippen LogP contribution in [0.2, 0.25) is 5.02 Å². The molecule has 0 aliphatic heterocycles. The summed E-state index contributed by atoms with van der Waals surface area (Å²) in [6.07, 6.45) is 0. The minimum atomic E-state index is -0.659. The highest BCUT2D eigenvalue weighted by Gasteiger charge is 2.15. The monoisotopic (exact) mass is 306 g/mol. The first-order valence-corrected chi connectivity index (χ1v) is 6.68. The fraction of sp³-hybridized carbons (Fsp3) is 0.200. The number of primary amides is 1. The Labute approximate surface area is 127 Å². The number of nitrogens with one attached hydrogen (secondary N) is 1. The largest absolute Gasteiger partial charge is 0.485 e. The number of aryl methyl sites for hydroxylation is 2. The molecule has 2 aromatic rings. The third-order valence-corrected chi connectivity index (χ3v) is 3.25. The molecule has 0 atom stereocenters. The lowest BCUT2D eigenvalue weighted by Gasteiger charge is -2.09. The number of amides is 1. The zero-order valence-electron chi connectivity index (χ0n) is 11.7. The number of ether oxygens (including phenoxy) is 1. The zero-order valence-corrected chi connectivity index (χ0v) is 12.5. The summed E-state index contributed by atoms with van der Waals surface area (Å²) in [5.41, 5.74) is 7.67. The molecule has 0 aliphatic rings. The Morgan fingerprint density at radius 1 is 1.24 bits per heavy atom. The molecule has 0 spiro atoms. The molecule has 1 aromatic carbocycles. The van der Waals surface area contributed by atoms with Crippen LogP contribution in [0.3, 0.4) is 0 Å². The average Bonchev–Trinajstić information content (AvgIpc) is 2.75. The summed E-state index contributed by atoms with van der Waals surface area (Å²) in [6.45, 7) is 3.51. The van der Waals surface area contributed by atoms with Gasteiger partial charge in [-0.05, 0) is 38.1 Å². The highest BCUT2D eigenvalue weighted by Crippen LogP contribution is 2.23. The van der Waals surface area contributed by atoms with Crippen LogP contribution in [0.25, 0.3) is 0 Å². The molecule has 0 radical (unpaired) electrons. The van der Waals surface area contributed by atoms with Crippen LogP contribution in [-0.2, 0) is 0 Å². The molecule has 1 aromatic heterocycles. The molecule has 5 nitrogen and oxygen atoms in total. The summed E-state index contributed by atoms with van der Waals surface area (Å²) in [6, 6.07) is 6.26. The smallest absolute Gasteiger partial charge is 0.252 e. The number of H-pyrrole nitrogens is 1. The van der Waals surface area contributed by atoms with Crippen LogP contribution < -0.4 is 10.5 Å². The van der Waals surface area contributed by atoms with Gasteiger partial charge in [-0.1, -0.05) is 11.6 Å². The first-order valence-electron chi connectivity index (χ1n) is 6.30. The Morgan fingerprint density at radius 3 is 2.52 bits per heavy atom. The van der Waals surface area contributed by atoms with E-state index in [-0.39, 0.29) is 23.7 Å². The summed E-state index contributed by atoms with van der Waals surface area (Å²) < 4.78 is 5.41. The molecule has 1 amide bonds. The van der Waals surface area contributed by atoms with Crippen LogP contribution in [0.4, 0.5) is 0 Å². The molecule has 0 fully saturated rings. The molecule has 0 saturated heterocycles. The average molecular weight is 307 g/mol. The summed E-state index contributed by atoms with van der Waals surface area (Å²) in [5, 5.41) is 0.375. The van der Waals surface area contributed by atoms with Crippen LogP contribution in [0, 0.1) is 13.8 Å². The van der Waals surface area contributed by atoms with Crippen molar-refractivity contribution in [3.63, 3.8) is 0 Å². The van der Waals surface area contributed by atoms with Crippen molar-refractivity contribution in [3.8, 4) is 5.75 Å². The predicted octanol–water partition coefficient (Wildman–Crippen LogP) is 2.65. The van der Waals surface area contributed by atoms with E-state index in [1.54, 1.807) is 12.1 Å². The summed E-state index contributed by atoms with van der Waals surface area (Å²) in [5.74, 6) is -0.596. The van der Waals surface area contributed by atoms with Gasteiger partial charge >= 0.3 is 0 Å². The predicted molar refractivity (Wildman–Crippen MR) is 80.1 cm³/mol. The van der Waals surface area contributed by atoms with Gasteiger partial charge < -0.3 is 15.5 Å². The number of aromatic nitrogens is 1. The molecular formula is C15H15ClN2O3. The van der Waals surface area contributed by atoms with Gasteiger partial charge in [0, 0.05) is 22.0 Å². The Morgan fingerprint density at radius 2 is 1.95 bits per heavy atom. The number of hydrogen-bond acceptors (Lipinski definition) is 3. The molecule has 2 rings (SSSR count). The normalized spacial score (nSPS) is 10.4. The maximum absolute atomic E-state index is 12.1. The fourth-order valence-corrected chi connectivity index (χ4v) is 2.23. The lowest BCUT2D eigenvalue weighted by Crippen LogP contribution is -2.16. The first kappa shape index (κ1) is 15.1. The van der Waals surface area contributed by atoms with E-state index in [9.17, 15) is 9.59 Å². The lowest BCUT2D eigenvalue weighted by atomic mass is 10.1. The second-order valence-electron chi connectivity index (χ2n) is 4.71. The minimum absolute atomic E-state index is 0.150. The van der Waals surface area contributed by atoms with Gasteiger partial charge in [0.2, 0.25) is 5.78 Å². The number of rotatable bonds is 5. The molecule has 0 unspecified atom stereocenters. The van der Waals surface area contributed by atoms with Crippen molar-refractivity contribution >= 4 is 23.3 Å². The molecule has 0 saturated carbocycles. The van der Waals surface area contributed by atoms with Gasteiger partial charge in [0.25, 0.3) is 5.91 Å². The van der Waals surface area contributed by atoms with Crippen molar-refractivity contribution in [2.75, 3.05) is 6.61 Å². The highest BCUT2D eigenvalue weighted by atomic mass is 35.5. The van der Waals surface area contributed by atoms with Gasteiger partial charge in [0.15, 0.2) is 6.61 Å². The van der Waals surface area contributed by atoms with Crippen molar-refractivity contribution in [3.05, 3.63) is 51.8 Å². The molecule has 1 heterocycles.